The van der Waals surface area contributed by atoms with Gasteiger partial charge in [0.15, 0.2) is 0 Å². The summed E-state index contributed by atoms with van der Waals surface area (Å²) in [6, 6.07) is 6.96. The number of hydrogen-bond acceptors (Lipinski definition) is 3. The predicted molar refractivity (Wildman–Crippen MR) is 92.5 cm³/mol. The van der Waals surface area contributed by atoms with E-state index in [4.69, 9.17) is 11.2 Å². The van der Waals surface area contributed by atoms with Crippen LogP contribution in [0.1, 0.15) is 37.1 Å². The molecule has 2 amide bonds. The first-order valence-electron chi connectivity index (χ1n) is 7.71. The maximum Gasteiger partial charge on any atom is 0.315 e. The maximum absolute atomic E-state index is 12.2. The van der Waals surface area contributed by atoms with Gasteiger partial charge in [-0.3, -0.25) is 4.68 Å². The van der Waals surface area contributed by atoms with Crippen LogP contribution in [0.15, 0.2) is 36.7 Å². The van der Waals surface area contributed by atoms with Gasteiger partial charge in [-0.2, -0.15) is 5.10 Å². The molecule has 0 saturated heterocycles. The van der Waals surface area contributed by atoms with E-state index in [1.165, 1.54) is 0 Å². The van der Waals surface area contributed by atoms with Crippen LogP contribution in [-0.2, 0) is 7.05 Å². The van der Waals surface area contributed by atoms with Crippen LogP contribution in [-0.4, -0.2) is 22.4 Å². The lowest BCUT2D eigenvalue weighted by Gasteiger charge is -2.18. The van der Waals surface area contributed by atoms with Gasteiger partial charge in [-0.1, -0.05) is 18.1 Å². The molecule has 2 rings (SSSR count). The lowest BCUT2D eigenvalue weighted by atomic mass is 10.1. The van der Waals surface area contributed by atoms with E-state index in [2.05, 4.69) is 21.7 Å². The molecule has 0 aliphatic heterocycles. The first-order chi connectivity index (χ1) is 11.5. The van der Waals surface area contributed by atoms with E-state index < -0.39 is 0 Å². The Morgan fingerprint density at radius 2 is 2.04 bits per heavy atom. The van der Waals surface area contributed by atoms with Gasteiger partial charge in [-0.05, 0) is 31.5 Å². The second-order valence-electron chi connectivity index (χ2n) is 5.57. The van der Waals surface area contributed by atoms with Crippen molar-refractivity contribution >= 4 is 6.03 Å². The molecule has 6 nitrogen and oxygen atoms in total. The predicted octanol–water partition coefficient (Wildman–Crippen LogP) is 2.55. The summed E-state index contributed by atoms with van der Waals surface area (Å²) in [5, 5.41) is 9.92. The third-order valence-corrected chi connectivity index (χ3v) is 3.60. The number of aryl methyl sites for hydroxylation is 1. The standard InChI is InChI=1S/C18H22N4O2/c1-5-9-24-17-8-6-7-15(10-17)13(2)20-18(23)21-14(3)16-11-19-22(4)12-16/h1,6-8,10-14H,9H2,2-4H3,(H2,20,21,23)/t13-,14-/m1/s1. The van der Waals surface area contributed by atoms with Crippen molar-refractivity contribution in [3.8, 4) is 18.1 Å². The van der Waals surface area contributed by atoms with Crippen molar-refractivity contribution < 1.29 is 9.53 Å². The third-order valence-electron chi connectivity index (χ3n) is 3.60. The third kappa shape index (κ3) is 4.78. The molecule has 0 fully saturated rings. The quantitative estimate of drug-likeness (QED) is 0.802. The van der Waals surface area contributed by atoms with Crippen molar-refractivity contribution in [3.05, 3.63) is 47.8 Å². The topological polar surface area (TPSA) is 68.2 Å². The average molecular weight is 326 g/mol. The minimum absolute atomic E-state index is 0.129. The van der Waals surface area contributed by atoms with Gasteiger partial charge < -0.3 is 15.4 Å². The van der Waals surface area contributed by atoms with Crippen LogP contribution in [0.4, 0.5) is 4.79 Å². The fraction of sp³-hybridized carbons (Fsp3) is 0.333. The van der Waals surface area contributed by atoms with Crippen molar-refractivity contribution in [2.75, 3.05) is 6.61 Å². The number of ether oxygens (including phenoxy) is 1. The molecule has 6 heteroatoms. The normalized spacial score (nSPS) is 12.8. The minimum Gasteiger partial charge on any atom is -0.481 e. The summed E-state index contributed by atoms with van der Waals surface area (Å²) >= 11 is 0. The molecule has 0 saturated carbocycles. The van der Waals surface area contributed by atoms with Crippen molar-refractivity contribution in [3.63, 3.8) is 0 Å². The van der Waals surface area contributed by atoms with E-state index in [0.29, 0.717) is 5.75 Å². The summed E-state index contributed by atoms with van der Waals surface area (Å²) in [5.41, 5.74) is 1.89. The van der Waals surface area contributed by atoms with Crippen LogP contribution in [0, 0.1) is 12.3 Å². The van der Waals surface area contributed by atoms with E-state index in [1.54, 1.807) is 10.9 Å². The summed E-state index contributed by atoms with van der Waals surface area (Å²) in [5.74, 6) is 3.11. The van der Waals surface area contributed by atoms with Gasteiger partial charge in [0.05, 0.1) is 18.3 Å². The van der Waals surface area contributed by atoms with Crippen LogP contribution in [0.5, 0.6) is 5.75 Å². The zero-order chi connectivity index (χ0) is 17.5. The highest BCUT2D eigenvalue weighted by Gasteiger charge is 2.14. The number of aromatic nitrogens is 2. The zero-order valence-electron chi connectivity index (χ0n) is 14.1. The van der Waals surface area contributed by atoms with Crippen LogP contribution >= 0.6 is 0 Å². The molecule has 0 unspecified atom stereocenters. The van der Waals surface area contributed by atoms with Gasteiger partial charge >= 0.3 is 6.03 Å². The smallest absolute Gasteiger partial charge is 0.315 e. The molecule has 24 heavy (non-hydrogen) atoms. The Balaban J connectivity index is 1.92. The van der Waals surface area contributed by atoms with Crippen LogP contribution in [0.3, 0.4) is 0 Å². The van der Waals surface area contributed by atoms with Gasteiger partial charge in [0.2, 0.25) is 0 Å². The fourth-order valence-electron chi connectivity index (χ4n) is 2.26. The highest BCUT2D eigenvalue weighted by Crippen LogP contribution is 2.19. The lowest BCUT2D eigenvalue weighted by molar-refractivity contribution is 0.235. The number of nitrogens with one attached hydrogen (secondary N) is 2. The molecule has 0 aliphatic carbocycles. The Morgan fingerprint density at radius 1 is 1.33 bits per heavy atom. The monoisotopic (exact) mass is 326 g/mol. The van der Waals surface area contributed by atoms with Gasteiger partial charge in [0.1, 0.15) is 12.4 Å². The minimum atomic E-state index is -0.242. The highest BCUT2D eigenvalue weighted by atomic mass is 16.5. The van der Waals surface area contributed by atoms with Crippen LogP contribution < -0.4 is 15.4 Å². The Hall–Kier alpha value is -2.94. The zero-order valence-corrected chi connectivity index (χ0v) is 14.1. The number of hydrogen-bond donors (Lipinski definition) is 2. The molecule has 0 bridgehead atoms. The Bertz CT molecular complexity index is 733. The van der Waals surface area contributed by atoms with Crippen molar-refractivity contribution in [2.45, 2.75) is 25.9 Å². The molecule has 0 spiro atoms. The van der Waals surface area contributed by atoms with Gasteiger partial charge in [0.25, 0.3) is 0 Å². The van der Waals surface area contributed by atoms with E-state index in [9.17, 15) is 4.79 Å². The largest absolute Gasteiger partial charge is 0.481 e. The molecule has 2 aromatic rings. The van der Waals surface area contributed by atoms with Gasteiger partial charge in [-0.15, -0.1) is 6.42 Å². The summed E-state index contributed by atoms with van der Waals surface area (Å²) in [6.45, 7) is 4.04. The van der Waals surface area contributed by atoms with Crippen molar-refractivity contribution in [2.24, 2.45) is 7.05 Å². The summed E-state index contributed by atoms with van der Waals surface area (Å²) < 4.78 is 7.11. The van der Waals surface area contributed by atoms with Gasteiger partial charge in [-0.25, -0.2) is 4.79 Å². The Kier molecular flexibility index (Phi) is 5.85. The summed E-state index contributed by atoms with van der Waals surface area (Å²) in [6.07, 6.45) is 8.80. The first kappa shape index (κ1) is 17.4. The van der Waals surface area contributed by atoms with E-state index in [0.717, 1.165) is 11.1 Å². The Morgan fingerprint density at radius 3 is 2.67 bits per heavy atom. The molecular weight excluding hydrogens is 304 g/mol. The number of terminal acetylenes is 1. The molecular formula is C18H22N4O2. The van der Waals surface area contributed by atoms with E-state index in [1.807, 2.05) is 51.4 Å². The molecule has 0 radical (unpaired) electrons. The van der Waals surface area contributed by atoms with Crippen LogP contribution in [0.2, 0.25) is 0 Å². The van der Waals surface area contributed by atoms with Crippen molar-refractivity contribution in [1.82, 2.24) is 20.4 Å². The number of rotatable bonds is 6. The summed E-state index contributed by atoms with van der Waals surface area (Å²) in [4.78, 5) is 12.2. The molecule has 2 atom stereocenters. The first-order valence-corrected chi connectivity index (χ1v) is 7.71. The number of nitrogens with zero attached hydrogens (tertiary/aromatic N) is 2. The number of urea groups is 1. The molecule has 0 aliphatic rings. The number of carbonyl (C=O) groups excluding carboxylic acids is 1. The second-order valence-corrected chi connectivity index (χ2v) is 5.57. The molecule has 2 N–H and O–H groups in total. The van der Waals surface area contributed by atoms with Crippen molar-refractivity contribution in [1.29, 1.82) is 0 Å². The number of benzene rings is 1. The van der Waals surface area contributed by atoms with E-state index >= 15 is 0 Å². The highest BCUT2D eigenvalue weighted by molar-refractivity contribution is 5.74. The fourth-order valence-corrected chi connectivity index (χ4v) is 2.26. The molecule has 1 heterocycles. The SMILES string of the molecule is C#CCOc1cccc([C@@H](C)NC(=O)N[C@H](C)c2cnn(C)c2)c1. The maximum atomic E-state index is 12.2. The number of amides is 2. The molecule has 1 aromatic carbocycles. The molecule has 126 valence electrons. The molecule has 1 aromatic heterocycles. The summed E-state index contributed by atoms with van der Waals surface area (Å²) in [7, 11) is 1.84. The average Bonchev–Trinajstić information content (AvgIpc) is 2.99. The van der Waals surface area contributed by atoms with Crippen LogP contribution in [0.25, 0.3) is 0 Å². The Labute approximate surface area is 142 Å². The van der Waals surface area contributed by atoms with E-state index in [-0.39, 0.29) is 24.7 Å². The lowest BCUT2D eigenvalue weighted by Crippen LogP contribution is -2.38. The second kappa shape index (κ2) is 8.06. The van der Waals surface area contributed by atoms with Gasteiger partial charge in [0, 0.05) is 18.8 Å². The number of carbonyl (C=O) groups is 1.